The summed E-state index contributed by atoms with van der Waals surface area (Å²) >= 11 is 16.3. The van der Waals surface area contributed by atoms with Crippen molar-refractivity contribution in [1.29, 1.82) is 0 Å². The van der Waals surface area contributed by atoms with E-state index in [0.717, 1.165) is 0 Å². The third-order valence-corrected chi connectivity index (χ3v) is 0. The molecule has 5 heteroatoms. The van der Waals surface area contributed by atoms with Crippen LogP contribution in [0.4, 0.5) is 0 Å². The van der Waals surface area contributed by atoms with Gasteiger partial charge in [-0.15, -0.1) is 0 Å². The molecule has 0 saturated heterocycles. The van der Waals surface area contributed by atoms with E-state index in [1.807, 2.05) is 0 Å². The number of hydrogen-bond acceptors (Lipinski definition) is 4. The van der Waals surface area contributed by atoms with Crippen LogP contribution in [0.5, 0.6) is 0 Å². The summed E-state index contributed by atoms with van der Waals surface area (Å²) in [6.07, 6.45) is 0. The molecule has 0 amide bonds. The fourth-order valence-electron chi connectivity index (χ4n) is 0. The van der Waals surface area contributed by atoms with Crippen LogP contribution in [0.25, 0.3) is 0 Å². The quantitative estimate of drug-likeness (QED) is 0.361. The second kappa shape index (κ2) is 26.1. The van der Waals surface area contributed by atoms with E-state index in [4.69, 9.17) is 0 Å². The summed E-state index contributed by atoms with van der Waals surface area (Å²) in [5.41, 5.74) is 0. The Balaban J connectivity index is -0.0000000400. The minimum atomic E-state index is 0. The van der Waals surface area contributed by atoms with Gasteiger partial charge in [0, 0.05) is 0 Å². The van der Waals surface area contributed by atoms with Gasteiger partial charge in [0.05, 0.1) is 0 Å². The van der Waals surface area contributed by atoms with Crippen molar-refractivity contribution >= 4 is 83.5 Å². The first-order chi connectivity index (χ1) is 2.83. The Kier molecular flexibility index (Phi) is 58.8. The van der Waals surface area contributed by atoms with Crippen LogP contribution in [0.3, 0.4) is 0 Å². The van der Waals surface area contributed by atoms with Crippen molar-refractivity contribution in [1.82, 2.24) is 0 Å². The van der Waals surface area contributed by atoms with E-state index in [1.54, 1.807) is 0 Å². The topological polar surface area (TPSA) is 0 Å². The zero-order valence-corrected chi connectivity index (χ0v) is 9.05. The first-order valence-electron chi connectivity index (χ1n) is 0.943. The Morgan fingerprint density at radius 3 is 1.00 bits per heavy atom. The van der Waals surface area contributed by atoms with Crippen molar-refractivity contribution in [3.63, 3.8) is 0 Å². The summed E-state index contributed by atoms with van der Waals surface area (Å²) in [6, 6.07) is 0. The molecule has 0 fully saturated rings. The fourth-order valence-corrected chi connectivity index (χ4v) is 0. The number of rotatable bonds is 0. The minimum absolute atomic E-state index is 0. The van der Waals surface area contributed by atoms with Gasteiger partial charge in [-0.2, -0.15) is 9.40 Å². The van der Waals surface area contributed by atoms with Crippen molar-refractivity contribution in [2.24, 2.45) is 0 Å². The molecule has 0 aromatic rings. The van der Waals surface area contributed by atoms with Gasteiger partial charge in [0.25, 0.3) is 0 Å². The molecule has 7 heavy (non-hydrogen) atoms. The average Bonchev–Trinajstić information content (AvgIpc) is 1.39. The second-order valence-corrected chi connectivity index (χ2v) is 1.73. The Morgan fingerprint density at radius 2 is 1.00 bits per heavy atom. The van der Waals surface area contributed by atoms with E-state index in [0.29, 0.717) is 0 Å². The molecule has 0 N–H and O–H groups in total. The van der Waals surface area contributed by atoms with Gasteiger partial charge in [0.15, 0.2) is 0 Å². The molecule has 0 aliphatic rings. The second-order valence-electron chi connectivity index (χ2n) is 0.192. The van der Waals surface area contributed by atoms with E-state index in [9.17, 15) is 0 Å². The first kappa shape index (κ1) is 15.8. The zero-order valence-electron chi connectivity index (χ0n) is 3.23. The molecular formula is C2H2S4Sb. The maximum Gasteiger partial charge on any atom is 2.00 e. The Hall–Kier alpha value is 1.44. The van der Waals surface area contributed by atoms with Crippen LogP contribution >= 0.6 is 24.4 Å². The van der Waals surface area contributed by atoms with Crippen LogP contribution in [0, 0.1) is 0 Å². The SMILES string of the molecule is S=C[S-].S=C[S-].[Sb+2]. The van der Waals surface area contributed by atoms with E-state index >= 15 is 0 Å². The standard InChI is InChI=1S/2CH2S2.Sb/c2*2-1-3;/h2*1H,(H,2,3);/q;;+2/p-2. The van der Waals surface area contributed by atoms with Gasteiger partial charge in [-0.3, -0.25) is 0 Å². The summed E-state index contributed by atoms with van der Waals surface area (Å²) < 4.78 is 2.33. The van der Waals surface area contributed by atoms with E-state index in [1.165, 1.54) is 9.40 Å². The van der Waals surface area contributed by atoms with E-state index in [2.05, 4.69) is 49.7 Å². The number of hydrogen-bond donors (Lipinski definition) is 0. The summed E-state index contributed by atoms with van der Waals surface area (Å²) in [5.74, 6) is 0. The van der Waals surface area contributed by atoms with Crippen molar-refractivity contribution in [3.05, 3.63) is 0 Å². The Labute approximate surface area is 82.7 Å². The number of thiocarbonyl (C=S) groups is 2. The van der Waals surface area contributed by atoms with Gasteiger partial charge < -0.3 is 49.7 Å². The van der Waals surface area contributed by atoms with Gasteiger partial charge in [-0.1, -0.05) is 0 Å². The minimum Gasteiger partial charge on any atom is -0.436 e. The summed E-state index contributed by atoms with van der Waals surface area (Å²) in [6.45, 7) is 0. The van der Waals surface area contributed by atoms with Gasteiger partial charge >= 0.3 is 24.4 Å². The smallest absolute Gasteiger partial charge is 0.436 e. The van der Waals surface area contributed by atoms with Gasteiger partial charge in [0.2, 0.25) is 0 Å². The largest absolute Gasteiger partial charge is 2.00 e. The molecule has 0 aromatic carbocycles. The summed E-state index contributed by atoms with van der Waals surface area (Å²) in [5, 5.41) is 0. The maximum atomic E-state index is 4.08. The molecule has 0 aromatic heterocycles. The monoisotopic (exact) mass is 275 g/mol. The van der Waals surface area contributed by atoms with Crippen molar-refractivity contribution < 1.29 is 0 Å². The van der Waals surface area contributed by atoms with Crippen LogP contribution in [-0.2, 0) is 25.3 Å². The van der Waals surface area contributed by atoms with Crippen LogP contribution in [0.1, 0.15) is 0 Å². The normalized spacial score (nSPS) is 3.43. The molecule has 0 aliphatic heterocycles. The molecule has 3 radical (unpaired) electrons. The Bertz CT molecular complexity index is 30.7. The molecule has 0 aliphatic carbocycles. The summed E-state index contributed by atoms with van der Waals surface area (Å²) in [4.78, 5) is 0. The zero-order chi connectivity index (χ0) is 5.41. The summed E-state index contributed by atoms with van der Waals surface area (Å²) in [7, 11) is 0. The van der Waals surface area contributed by atoms with Gasteiger partial charge in [0.1, 0.15) is 0 Å². The van der Waals surface area contributed by atoms with Crippen molar-refractivity contribution in [3.8, 4) is 0 Å². The fraction of sp³-hybridized carbons (Fsp3) is 0. The molecule has 0 heterocycles. The molecule has 0 nitrogen and oxygen atoms in total. The first-order valence-corrected chi connectivity index (χ1v) is 2.83. The molecular weight excluding hydrogens is 274 g/mol. The van der Waals surface area contributed by atoms with E-state index < -0.39 is 0 Å². The molecule has 0 atom stereocenters. The molecule has 39 valence electrons. The van der Waals surface area contributed by atoms with Crippen LogP contribution in [-0.4, -0.2) is 33.8 Å². The van der Waals surface area contributed by atoms with Crippen molar-refractivity contribution in [2.45, 2.75) is 0 Å². The molecule has 0 spiro atoms. The average molecular weight is 276 g/mol. The maximum absolute atomic E-state index is 4.08. The molecule has 0 bridgehead atoms. The Morgan fingerprint density at radius 1 is 1.00 bits per heavy atom. The van der Waals surface area contributed by atoms with Gasteiger partial charge in [-0.05, 0) is 0 Å². The van der Waals surface area contributed by atoms with Gasteiger partial charge in [-0.25, -0.2) is 0 Å². The van der Waals surface area contributed by atoms with Crippen molar-refractivity contribution in [2.75, 3.05) is 0 Å². The van der Waals surface area contributed by atoms with E-state index in [-0.39, 0.29) is 24.4 Å². The molecule has 0 saturated carbocycles. The van der Waals surface area contributed by atoms with Crippen LogP contribution < -0.4 is 0 Å². The third-order valence-electron chi connectivity index (χ3n) is 0. The predicted molar refractivity (Wildman–Crippen MR) is 47.8 cm³/mol. The van der Waals surface area contributed by atoms with Crippen LogP contribution in [0.2, 0.25) is 0 Å². The molecule has 0 rings (SSSR count). The van der Waals surface area contributed by atoms with Crippen LogP contribution in [0.15, 0.2) is 0 Å². The predicted octanol–water partition coefficient (Wildman–Crippen LogP) is 0.600. The molecule has 0 unspecified atom stereocenters. The third kappa shape index (κ3) is 106.